The number of fused-ring (bicyclic) bond motifs is 1. The van der Waals surface area contributed by atoms with Crippen LogP contribution in [0.5, 0.6) is 11.5 Å². The average molecular weight is 403 g/mol. The van der Waals surface area contributed by atoms with Crippen LogP contribution in [0, 0.1) is 5.92 Å². The van der Waals surface area contributed by atoms with E-state index in [2.05, 4.69) is 10.3 Å². The number of carbonyl (C=O) groups is 2. The zero-order valence-electron chi connectivity index (χ0n) is 15.5. The van der Waals surface area contributed by atoms with E-state index in [1.54, 1.807) is 17.2 Å². The molecule has 0 spiro atoms. The third kappa shape index (κ3) is 3.89. The number of aromatic nitrogens is 1. The summed E-state index contributed by atoms with van der Waals surface area (Å²) in [6.45, 7) is 3.35. The number of benzene rings is 1. The van der Waals surface area contributed by atoms with Crippen LogP contribution in [0.2, 0.25) is 0 Å². The number of nitrogens with one attached hydrogen (secondary N) is 1. The van der Waals surface area contributed by atoms with Gasteiger partial charge in [0.25, 0.3) is 5.91 Å². The van der Waals surface area contributed by atoms with E-state index >= 15 is 0 Å². The number of carbonyl (C=O) groups excluding carboxylic acids is 2. The van der Waals surface area contributed by atoms with Crippen molar-refractivity contribution in [3.05, 3.63) is 29.3 Å². The fraction of sp³-hybridized carbons (Fsp3) is 0.421. The summed E-state index contributed by atoms with van der Waals surface area (Å²) < 4.78 is 15.8. The van der Waals surface area contributed by atoms with Gasteiger partial charge >= 0.3 is 5.97 Å². The third-order valence-electron chi connectivity index (χ3n) is 4.68. The molecule has 1 saturated heterocycles. The maximum atomic E-state index is 12.8. The fourth-order valence-electron chi connectivity index (χ4n) is 3.30. The summed E-state index contributed by atoms with van der Waals surface area (Å²) in [5, 5.41) is 5.52. The second-order valence-electron chi connectivity index (χ2n) is 6.57. The van der Waals surface area contributed by atoms with Crippen LogP contribution in [-0.4, -0.2) is 48.2 Å². The van der Waals surface area contributed by atoms with Gasteiger partial charge in [-0.25, -0.2) is 4.98 Å². The van der Waals surface area contributed by atoms with E-state index in [1.807, 2.05) is 18.2 Å². The summed E-state index contributed by atoms with van der Waals surface area (Å²) in [5.74, 6) is 0.730. The summed E-state index contributed by atoms with van der Waals surface area (Å²) in [4.78, 5) is 30.9. The molecule has 2 aromatic rings. The van der Waals surface area contributed by atoms with Gasteiger partial charge in [0.05, 0.1) is 12.5 Å². The highest BCUT2D eigenvalue weighted by Crippen LogP contribution is 2.35. The highest BCUT2D eigenvalue weighted by Gasteiger charge is 2.30. The molecule has 1 atom stereocenters. The molecular formula is C19H21N3O5S. The number of nitrogens with zero attached hydrogens (tertiary/aromatic N) is 2. The maximum absolute atomic E-state index is 12.8. The lowest BCUT2D eigenvalue weighted by Crippen LogP contribution is -2.42. The van der Waals surface area contributed by atoms with E-state index in [1.165, 1.54) is 11.3 Å². The molecule has 1 unspecified atom stereocenters. The van der Waals surface area contributed by atoms with Crippen LogP contribution < -0.4 is 14.8 Å². The lowest BCUT2D eigenvalue weighted by atomic mass is 9.98. The van der Waals surface area contributed by atoms with Crippen molar-refractivity contribution in [2.45, 2.75) is 19.8 Å². The average Bonchev–Trinajstić information content (AvgIpc) is 3.37. The highest BCUT2D eigenvalue weighted by atomic mass is 32.1. The van der Waals surface area contributed by atoms with Gasteiger partial charge in [-0.15, -0.1) is 11.3 Å². The van der Waals surface area contributed by atoms with Gasteiger partial charge in [-0.1, -0.05) is 0 Å². The quantitative estimate of drug-likeness (QED) is 0.768. The second kappa shape index (κ2) is 8.05. The number of hydrogen-bond donors (Lipinski definition) is 1. The Labute approximate surface area is 166 Å². The van der Waals surface area contributed by atoms with E-state index in [0.29, 0.717) is 42.0 Å². The molecule has 3 heterocycles. The molecule has 1 N–H and O–H groups in total. The topological polar surface area (TPSA) is 90.0 Å². The molecule has 2 aliphatic heterocycles. The summed E-state index contributed by atoms with van der Waals surface area (Å²) >= 11 is 1.35. The molecule has 9 heteroatoms. The molecule has 2 aliphatic rings. The van der Waals surface area contributed by atoms with Crippen molar-refractivity contribution in [2.75, 3.05) is 31.8 Å². The van der Waals surface area contributed by atoms with Crippen molar-refractivity contribution in [3.8, 4) is 11.5 Å². The van der Waals surface area contributed by atoms with Gasteiger partial charge in [0.15, 0.2) is 16.6 Å². The van der Waals surface area contributed by atoms with Gasteiger partial charge in [0.1, 0.15) is 5.69 Å². The van der Waals surface area contributed by atoms with Crippen molar-refractivity contribution >= 4 is 34.0 Å². The first kappa shape index (κ1) is 18.5. The molecule has 8 nitrogen and oxygen atoms in total. The second-order valence-corrected chi connectivity index (χ2v) is 7.43. The molecule has 1 amide bonds. The number of amides is 1. The smallest absolute Gasteiger partial charge is 0.310 e. The molecule has 148 valence electrons. The van der Waals surface area contributed by atoms with E-state index in [9.17, 15) is 9.59 Å². The number of thiazole rings is 1. The number of hydrogen-bond acceptors (Lipinski definition) is 8. The van der Waals surface area contributed by atoms with Crippen LogP contribution in [0.3, 0.4) is 0 Å². The van der Waals surface area contributed by atoms with Crippen molar-refractivity contribution in [2.24, 2.45) is 5.92 Å². The maximum Gasteiger partial charge on any atom is 0.310 e. The zero-order chi connectivity index (χ0) is 19.5. The van der Waals surface area contributed by atoms with Crippen LogP contribution in [0.1, 0.15) is 30.3 Å². The van der Waals surface area contributed by atoms with Gasteiger partial charge in [-0.3, -0.25) is 9.59 Å². The van der Waals surface area contributed by atoms with Crippen LogP contribution in [0.4, 0.5) is 10.8 Å². The molecule has 1 fully saturated rings. The largest absolute Gasteiger partial charge is 0.466 e. The predicted octanol–water partition coefficient (Wildman–Crippen LogP) is 3.03. The molecule has 0 radical (unpaired) electrons. The van der Waals surface area contributed by atoms with Crippen molar-refractivity contribution in [1.29, 1.82) is 0 Å². The Morgan fingerprint density at radius 1 is 1.36 bits per heavy atom. The monoisotopic (exact) mass is 403 g/mol. The van der Waals surface area contributed by atoms with Gasteiger partial charge in [0, 0.05) is 30.2 Å². The van der Waals surface area contributed by atoms with E-state index in [-0.39, 0.29) is 24.6 Å². The first-order valence-electron chi connectivity index (χ1n) is 9.22. The Morgan fingerprint density at radius 2 is 2.21 bits per heavy atom. The number of esters is 1. The van der Waals surface area contributed by atoms with Crippen molar-refractivity contribution in [3.63, 3.8) is 0 Å². The number of likely N-dealkylation sites (tertiary alicyclic amines) is 1. The molecule has 28 heavy (non-hydrogen) atoms. The zero-order valence-corrected chi connectivity index (χ0v) is 16.3. The lowest BCUT2D eigenvalue weighted by Gasteiger charge is -2.31. The summed E-state index contributed by atoms with van der Waals surface area (Å²) in [5.41, 5.74) is 1.18. The molecule has 4 rings (SSSR count). The Kier molecular flexibility index (Phi) is 5.34. The van der Waals surface area contributed by atoms with Crippen LogP contribution >= 0.6 is 11.3 Å². The van der Waals surface area contributed by atoms with Gasteiger partial charge in [-0.05, 0) is 31.9 Å². The minimum atomic E-state index is -0.262. The van der Waals surface area contributed by atoms with Gasteiger partial charge in [-0.2, -0.15) is 0 Å². The Hall–Kier alpha value is -2.81. The van der Waals surface area contributed by atoms with Crippen molar-refractivity contribution < 1.29 is 23.8 Å². The van der Waals surface area contributed by atoms with E-state index in [0.717, 1.165) is 18.5 Å². The molecule has 1 aromatic heterocycles. The van der Waals surface area contributed by atoms with Gasteiger partial charge in [0.2, 0.25) is 6.79 Å². The van der Waals surface area contributed by atoms with Crippen LogP contribution in [-0.2, 0) is 9.53 Å². The Morgan fingerprint density at radius 3 is 3.07 bits per heavy atom. The molecule has 0 bridgehead atoms. The normalized spacial score (nSPS) is 18.0. The molecule has 1 aromatic carbocycles. The number of rotatable bonds is 5. The molecular weight excluding hydrogens is 382 g/mol. The van der Waals surface area contributed by atoms with Crippen LogP contribution in [0.25, 0.3) is 0 Å². The highest BCUT2D eigenvalue weighted by molar-refractivity contribution is 7.14. The van der Waals surface area contributed by atoms with Crippen LogP contribution in [0.15, 0.2) is 23.6 Å². The first-order chi connectivity index (χ1) is 13.6. The number of anilines is 2. The summed E-state index contributed by atoms with van der Waals surface area (Å²) in [6, 6.07) is 5.53. The minimum absolute atomic E-state index is 0.163. The van der Waals surface area contributed by atoms with E-state index in [4.69, 9.17) is 14.2 Å². The third-order valence-corrected chi connectivity index (χ3v) is 5.43. The van der Waals surface area contributed by atoms with Crippen molar-refractivity contribution in [1.82, 2.24) is 9.88 Å². The number of piperidine rings is 1. The first-order valence-corrected chi connectivity index (χ1v) is 10.1. The standard InChI is InChI=1S/C19H21N3O5S/c1-2-25-18(24)12-4-3-7-22(9-12)17(23)14-10-28-19(21-14)20-13-5-6-15-16(8-13)27-11-26-15/h5-6,8,10,12H,2-4,7,9,11H2,1H3,(H,20,21). The minimum Gasteiger partial charge on any atom is -0.466 e. The number of ether oxygens (including phenoxy) is 3. The SMILES string of the molecule is CCOC(=O)C1CCCN(C(=O)c2csc(Nc3ccc4c(c3)OCO4)n2)C1. The van der Waals surface area contributed by atoms with E-state index < -0.39 is 0 Å². The molecule has 0 aliphatic carbocycles. The Balaban J connectivity index is 1.40. The fourth-order valence-corrected chi connectivity index (χ4v) is 4.01. The predicted molar refractivity (Wildman–Crippen MR) is 103 cm³/mol. The molecule has 0 saturated carbocycles. The summed E-state index contributed by atoms with van der Waals surface area (Å²) in [7, 11) is 0. The summed E-state index contributed by atoms with van der Waals surface area (Å²) in [6.07, 6.45) is 1.53. The van der Waals surface area contributed by atoms with Gasteiger partial charge < -0.3 is 24.4 Å². The lowest BCUT2D eigenvalue weighted by molar-refractivity contribution is -0.149. The Bertz CT molecular complexity index is 884.